The zero-order valence-electron chi connectivity index (χ0n) is 12.1. The number of fused-ring (bicyclic) bond motifs is 1. The van der Waals surface area contributed by atoms with Gasteiger partial charge in [0.15, 0.2) is 0 Å². The molecule has 4 nitrogen and oxygen atoms in total. The van der Waals surface area contributed by atoms with Gasteiger partial charge in [-0.15, -0.1) is 0 Å². The van der Waals surface area contributed by atoms with Crippen LogP contribution >= 0.6 is 0 Å². The van der Waals surface area contributed by atoms with E-state index in [9.17, 15) is 4.79 Å². The number of nitrogens with one attached hydrogen (secondary N) is 2. The van der Waals surface area contributed by atoms with Crippen molar-refractivity contribution in [2.75, 3.05) is 30.3 Å². The van der Waals surface area contributed by atoms with Gasteiger partial charge < -0.3 is 15.5 Å². The van der Waals surface area contributed by atoms with Crippen molar-refractivity contribution in [1.82, 2.24) is 4.90 Å². The van der Waals surface area contributed by atoms with Gasteiger partial charge in [-0.05, 0) is 43.9 Å². The predicted octanol–water partition coefficient (Wildman–Crippen LogP) is 2.93. The number of anilines is 2. The van der Waals surface area contributed by atoms with Crippen molar-refractivity contribution in [2.45, 2.75) is 38.6 Å². The van der Waals surface area contributed by atoms with Crippen LogP contribution in [0.1, 0.15) is 43.0 Å². The molecule has 1 fully saturated rings. The van der Waals surface area contributed by atoms with Crippen LogP contribution in [-0.2, 0) is 0 Å². The van der Waals surface area contributed by atoms with E-state index in [1.807, 2.05) is 18.2 Å². The Bertz CT molecular complexity index is 500. The van der Waals surface area contributed by atoms with E-state index in [0.29, 0.717) is 6.04 Å². The number of hydrogen-bond acceptors (Lipinski definition) is 3. The summed E-state index contributed by atoms with van der Waals surface area (Å²) in [6, 6.07) is 6.37. The summed E-state index contributed by atoms with van der Waals surface area (Å²) in [4.78, 5) is 14.8. The quantitative estimate of drug-likeness (QED) is 0.871. The van der Waals surface area contributed by atoms with Gasteiger partial charge >= 0.3 is 0 Å². The maximum absolute atomic E-state index is 12.7. The third-order valence-corrected chi connectivity index (χ3v) is 4.38. The first kappa shape index (κ1) is 13.3. The summed E-state index contributed by atoms with van der Waals surface area (Å²) in [7, 11) is 0. The number of hydrogen-bond donors (Lipinski definition) is 2. The minimum atomic E-state index is 0.187. The van der Waals surface area contributed by atoms with Crippen LogP contribution in [0.2, 0.25) is 0 Å². The van der Waals surface area contributed by atoms with Gasteiger partial charge in [0.2, 0.25) is 0 Å². The van der Waals surface area contributed by atoms with Gasteiger partial charge in [-0.25, -0.2) is 0 Å². The first-order valence-electron chi connectivity index (χ1n) is 7.72. The normalized spacial score (nSPS) is 21.6. The zero-order chi connectivity index (χ0) is 13.9. The van der Waals surface area contributed by atoms with E-state index in [2.05, 4.69) is 22.5 Å². The summed E-state index contributed by atoms with van der Waals surface area (Å²) >= 11 is 0. The Hall–Kier alpha value is -1.71. The van der Waals surface area contributed by atoms with Crippen LogP contribution < -0.4 is 10.6 Å². The molecule has 20 heavy (non-hydrogen) atoms. The number of piperidine rings is 1. The summed E-state index contributed by atoms with van der Waals surface area (Å²) in [6.07, 6.45) is 4.58. The fourth-order valence-electron chi connectivity index (χ4n) is 3.23. The summed E-state index contributed by atoms with van der Waals surface area (Å²) < 4.78 is 0. The summed E-state index contributed by atoms with van der Waals surface area (Å²) in [5, 5.41) is 6.69. The predicted molar refractivity (Wildman–Crippen MR) is 82.4 cm³/mol. The molecule has 1 unspecified atom stereocenters. The van der Waals surface area contributed by atoms with Crippen molar-refractivity contribution in [3.8, 4) is 0 Å². The smallest absolute Gasteiger partial charge is 0.254 e. The van der Waals surface area contributed by atoms with E-state index < -0.39 is 0 Å². The Balaban J connectivity index is 1.82. The monoisotopic (exact) mass is 273 g/mol. The number of carbonyl (C=O) groups excluding carboxylic acids is 1. The molecule has 0 radical (unpaired) electrons. The molecule has 2 aliphatic heterocycles. The fraction of sp³-hybridized carbons (Fsp3) is 0.562. The van der Waals surface area contributed by atoms with Gasteiger partial charge in [-0.2, -0.15) is 0 Å². The molecule has 1 amide bonds. The van der Waals surface area contributed by atoms with Gasteiger partial charge in [0, 0.05) is 31.2 Å². The Morgan fingerprint density at radius 1 is 1.25 bits per heavy atom. The van der Waals surface area contributed by atoms with Crippen LogP contribution in [0, 0.1) is 0 Å². The van der Waals surface area contributed by atoms with E-state index in [4.69, 9.17) is 0 Å². The number of nitrogens with zero attached hydrogens (tertiary/aromatic N) is 1. The summed E-state index contributed by atoms with van der Waals surface area (Å²) in [6.45, 7) is 4.92. The van der Waals surface area contributed by atoms with Gasteiger partial charge in [-0.3, -0.25) is 4.79 Å². The molecule has 4 heteroatoms. The fourth-order valence-corrected chi connectivity index (χ4v) is 3.23. The number of amides is 1. The highest BCUT2D eigenvalue weighted by atomic mass is 16.2. The lowest BCUT2D eigenvalue weighted by Crippen LogP contribution is -2.43. The Labute approximate surface area is 120 Å². The molecule has 1 atom stereocenters. The van der Waals surface area contributed by atoms with Crippen LogP contribution in [-0.4, -0.2) is 36.5 Å². The van der Waals surface area contributed by atoms with Crippen molar-refractivity contribution < 1.29 is 4.79 Å². The molecule has 2 N–H and O–H groups in total. The first-order valence-corrected chi connectivity index (χ1v) is 7.72. The van der Waals surface area contributed by atoms with E-state index in [1.54, 1.807) is 0 Å². The van der Waals surface area contributed by atoms with Crippen LogP contribution in [0.15, 0.2) is 18.2 Å². The van der Waals surface area contributed by atoms with E-state index in [0.717, 1.165) is 55.8 Å². The Morgan fingerprint density at radius 3 is 2.85 bits per heavy atom. The van der Waals surface area contributed by atoms with Crippen molar-refractivity contribution in [1.29, 1.82) is 0 Å². The molecule has 0 aliphatic carbocycles. The van der Waals surface area contributed by atoms with Gasteiger partial charge in [0.05, 0.1) is 11.4 Å². The maximum atomic E-state index is 12.7. The van der Waals surface area contributed by atoms with E-state index >= 15 is 0 Å². The third-order valence-electron chi connectivity index (χ3n) is 4.38. The zero-order valence-corrected chi connectivity index (χ0v) is 12.1. The second kappa shape index (κ2) is 5.73. The highest BCUT2D eigenvalue weighted by Crippen LogP contribution is 2.27. The number of carbonyl (C=O) groups is 1. The SMILES string of the molecule is CCC1CCCCN1C(=O)c1ccc2c(c1)NCCN2. The van der Waals surface area contributed by atoms with Crippen molar-refractivity contribution in [2.24, 2.45) is 0 Å². The lowest BCUT2D eigenvalue weighted by molar-refractivity contribution is 0.0608. The second-order valence-corrected chi connectivity index (χ2v) is 5.67. The molecule has 0 aromatic heterocycles. The summed E-state index contributed by atoms with van der Waals surface area (Å²) in [5.41, 5.74) is 2.95. The highest BCUT2D eigenvalue weighted by Gasteiger charge is 2.26. The van der Waals surface area contributed by atoms with Gasteiger partial charge in [-0.1, -0.05) is 6.92 Å². The molecule has 2 heterocycles. The van der Waals surface area contributed by atoms with E-state index in [-0.39, 0.29) is 5.91 Å². The van der Waals surface area contributed by atoms with E-state index in [1.165, 1.54) is 6.42 Å². The minimum absolute atomic E-state index is 0.187. The summed E-state index contributed by atoms with van der Waals surface area (Å²) in [5.74, 6) is 0.187. The van der Waals surface area contributed by atoms with Crippen molar-refractivity contribution >= 4 is 17.3 Å². The molecule has 0 spiro atoms. The van der Waals surface area contributed by atoms with Crippen molar-refractivity contribution in [3.05, 3.63) is 23.8 Å². The van der Waals surface area contributed by atoms with Crippen LogP contribution in [0.4, 0.5) is 11.4 Å². The Morgan fingerprint density at radius 2 is 2.05 bits per heavy atom. The van der Waals surface area contributed by atoms with Crippen LogP contribution in [0.5, 0.6) is 0 Å². The number of benzene rings is 1. The molecule has 1 aromatic rings. The molecule has 2 aliphatic rings. The standard InChI is InChI=1S/C16H23N3O/c1-2-13-5-3-4-10-19(13)16(20)12-6-7-14-15(11-12)18-9-8-17-14/h6-7,11,13,17-18H,2-5,8-10H2,1H3. The lowest BCUT2D eigenvalue weighted by Gasteiger charge is -2.35. The molecular formula is C16H23N3O. The molecule has 108 valence electrons. The molecule has 3 rings (SSSR count). The average molecular weight is 273 g/mol. The lowest BCUT2D eigenvalue weighted by atomic mass is 9.98. The molecule has 0 saturated carbocycles. The molecule has 1 aromatic carbocycles. The Kier molecular flexibility index (Phi) is 3.81. The van der Waals surface area contributed by atoms with Gasteiger partial charge in [0.1, 0.15) is 0 Å². The maximum Gasteiger partial charge on any atom is 0.254 e. The van der Waals surface area contributed by atoms with Crippen molar-refractivity contribution in [3.63, 3.8) is 0 Å². The molecule has 1 saturated heterocycles. The largest absolute Gasteiger partial charge is 0.382 e. The first-order chi connectivity index (χ1) is 9.79. The topological polar surface area (TPSA) is 44.4 Å². The van der Waals surface area contributed by atoms with Crippen LogP contribution in [0.25, 0.3) is 0 Å². The molecular weight excluding hydrogens is 250 g/mol. The minimum Gasteiger partial charge on any atom is -0.382 e. The van der Waals surface area contributed by atoms with Gasteiger partial charge in [0.25, 0.3) is 5.91 Å². The average Bonchev–Trinajstić information content (AvgIpc) is 2.53. The highest BCUT2D eigenvalue weighted by molar-refractivity contribution is 5.96. The number of likely N-dealkylation sites (tertiary alicyclic amines) is 1. The van der Waals surface area contributed by atoms with Crippen LogP contribution in [0.3, 0.4) is 0 Å². The molecule has 0 bridgehead atoms. The second-order valence-electron chi connectivity index (χ2n) is 5.67. The third kappa shape index (κ3) is 2.47. The number of rotatable bonds is 2.